The van der Waals surface area contributed by atoms with E-state index in [1.807, 2.05) is 0 Å². The minimum absolute atomic E-state index is 0.171. The van der Waals surface area contributed by atoms with Gasteiger partial charge in [-0.3, -0.25) is 19.7 Å². The summed E-state index contributed by atoms with van der Waals surface area (Å²) in [5.74, 6) is -1.30. The molecule has 3 aromatic carbocycles. The van der Waals surface area contributed by atoms with Crippen LogP contribution in [0.15, 0.2) is 78.4 Å². The van der Waals surface area contributed by atoms with Gasteiger partial charge in [-0.15, -0.1) is 0 Å². The summed E-state index contributed by atoms with van der Waals surface area (Å²) < 4.78 is 18.4. The maximum Gasteiger partial charge on any atom is 0.271 e. The van der Waals surface area contributed by atoms with E-state index in [1.54, 1.807) is 24.3 Å². The molecule has 0 bridgehead atoms. The molecule has 34 heavy (non-hydrogen) atoms. The van der Waals surface area contributed by atoms with E-state index in [0.717, 1.165) is 0 Å². The maximum atomic E-state index is 12.9. The fourth-order valence-corrected chi connectivity index (χ4v) is 2.78. The summed E-state index contributed by atoms with van der Waals surface area (Å²) in [5, 5.41) is 25.3. The van der Waals surface area contributed by atoms with Crippen LogP contribution in [-0.4, -0.2) is 23.3 Å². The number of nitro groups is 1. The second-order valence-corrected chi connectivity index (χ2v) is 6.85. The van der Waals surface area contributed by atoms with Crippen LogP contribution in [0.2, 0.25) is 0 Å². The number of carbonyl (C=O) groups is 2. The van der Waals surface area contributed by atoms with Crippen LogP contribution >= 0.6 is 0 Å². The zero-order chi connectivity index (χ0) is 24.5. The zero-order valence-corrected chi connectivity index (χ0v) is 17.5. The average molecular weight is 460 g/mol. The Bertz CT molecular complexity index is 1300. The van der Waals surface area contributed by atoms with Gasteiger partial charge in [-0.05, 0) is 54.1 Å². The van der Waals surface area contributed by atoms with Crippen LogP contribution in [0, 0.1) is 27.3 Å². The van der Waals surface area contributed by atoms with E-state index >= 15 is 0 Å². The largest absolute Gasteiger partial charge is 0.484 e. The Morgan fingerprint density at radius 1 is 1.03 bits per heavy atom. The lowest BCUT2D eigenvalue weighted by Gasteiger charge is -2.08. The first kappa shape index (κ1) is 23.6. The van der Waals surface area contributed by atoms with Crippen LogP contribution in [0.1, 0.15) is 5.56 Å². The summed E-state index contributed by atoms with van der Waals surface area (Å²) in [5.41, 5.74) is 0.609. The van der Waals surface area contributed by atoms with Gasteiger partial charge in [0.25, 0.3) is 17.5 Å². The number of hydrogen-bond donors (Lipinski definition) is 2. The highest BCUT2D eigenvalue weighted by Crippen LogP contribution is 2.19. The van der Waals surface area contributed by atoms with Crippen molar-refractivity contribution in [2.24, 2.45) is 0 Å². The van der Waals surface area contributed by atoms with Crippen molar-refractivity contribution in [2.75, 3.05) is 17.2 Å². The van der Waals surface area contributed by atoms with Crippen molar-refractivity contribution < 1.29 is 23.6 Å². The number of halogens is 1. The van der Waals surface area contributed by atoms with E-state index < -0.39 is 22.6 Å². The van der Waals surface area contributed by atoms with Crippen molar-refractivity contribution in [1.29, 1.82) is 5.26 Å². The number of non-ortho nitro benzene ring substituents is 1. The first-order valence-electron chi connectivity index (χ1n) is 9.80. The molecule has 0 unspecified atom stereocenters. The Balaban J connectivity index is 1.64. The number of ether oxygens (including phenoxy) is 1. The second kappa shape index (κ2) is 11.0. The number of nitrogens with one attached hydrogen (secondary N) is 2. The Morgan fingerprint density at radius 3 is 2.47 bits per heavy atom. The van der Waals surface area contributed by atoms with Gasteiger partial charge in [0.2, 0.25) is 0 Å². The van der Waals surface area contributed by atoms with Crippen LogP contribution in [0.3, 0.4) is 0 Å². The van der Waals surface area contributed by atoms with Crippen molar-refractivity contribution in [2.45, 2.75) is 0 Å². The van der Waals surface area contributed by atoms with E-state index in [4.69, 9.17) is 4.74 Å². The van der Waals surface area contributed by atoms with E-state index in [1.165, 1.54) is 60.7 Å². The Labute approximate surface area is 193 Å². The molecule has 0 atom stereocenters. The van der Waals surface area contributed by atoms with Crippen LogP contribution in [0.4, 0.5) is 21.5 Å². The molecule has 0 aliphatic rings. The number of rotatable bonds is 8. The van der Waals surface area contributed by atoms with Gasteiger partial charge in [-0.25, -0.2) is 4.39 Å². The lowest BCUT2D eigenvalue weighted by atomic mass is 10.1. The number of hydrogen-bond acceptors (Lipinski definition) is 6. The highest BCUT2D eigenvalue weighted by molar-refractivity contribution is 6.09. The molecule has 0 spiro atoms. The molecule has 0 saturated heterocycles. The Morgan fingerprint density at radius 2 is 1.76 bits per heavy atom. The summed E-state index contributed by atoms with van der Waals surface area (Å²) in [6.45, 7) is -0.317. The van der Waals surface area contributed by atoms with Crippen molar-refractivity contribution in [3.05, 3.63) is 99.9 Å². The van der Waals surface area contributed by atoms with Gasteiger partial charge in [0.05, 0.1) is 4.92 Å². The van der Waals surface area contributed by atoms with E-state index in [0.29, 0.717) is 17.0 Å². The predicted molar refractivity (Wildman–Crippen MR) is 122 cm³/mol. The lowest BCUT2D eigenvalue weighted by Crippen LogP contribution is -2.20. The minimum atomic E-state index is -0.743. The van der Waals surface area contributed by atoms with Crippen LogP contribution in [-0.2, 0) is 9.59 Å². The number of benzene rings is 3. The molecule has 0 aliphatic heterocycles. The molecule has 0 saturated carbocycles. The first-order valence-corrected chi connectivity index (χ1v) is 9.80. The average Bonchev–Trinajstić information content (AvgIpc) is 2.83. The van der Waals surface area contributed by atoms with Gasteiger partial charge in [0.1, 0.15) is 23.2 Å². The monoisotopic (exact) mass is 460 g/mol. The number of amides is 2. The van der Waals surface area contributed by atoms with Gasteiger partial charge in [-0.1, -0.05) is 18.2 Å². The number of nitrogens with zero attached hydrogens (tertiary/aromatic N) is 2. The van der Waals surface area contributed by atoms with Crippen molar-refractivity contribution in [1.82, 2.24) is 0 Å². The van der Waals surface area contributed by atoms with Crippen LogP contribution in [0.5, 0.6) is 5.75 Å². The van der Waals surface area contributed by atoms with E-state index in [2.05, 4.69) is 10.6 Å². The lowest BCUT2D eigenvalue weighted by molar-refractivity contribution is -0.384. The molecule has 2 N–H and O–H groups in total. The smallest absolute Gasteiger partial charge is 0.271 e. The van der Waals surface area contributed by atoms with Gasteiger partial charge in [0, 0.05) is 23.5 Å². The molecule has 0 aromatic heterocycles. The summed E-state index contributed by atoms with van der Waals surface area (Å²) >= 11 is 0. The van der Waals surface area contributed by atoms with E-state index in [9.17, 15) is 29.4 Å². The molecule has 3 rings (SSSR count). The van der Waals surface area contributed by atoms with Gasteiger partial charge in [-0.2, -0.15) is 5.26 Å². The molecular weight excluding hydrogens is 443 g/mol. The van der Waals surface area contributed by atoms with Crippen LogP contribution in [0.25, 0.3) is 6.08 Å². The molecular formula is C24H17FN4O5. The maximum absolute atomic E-state index is 12.9. The van der Waals surface area contributed by atoms with Gasteiger partial charge in [0.15, 0.2) is 6.61 Å². The second-order valence-electron chi connectivity index (χ2n) is 6.85. The SMILES string of the molecule is N#CC(=Cc1cccc(OCC(=O)Nc2ccc(F)cc2)c1)C(=O)Nc1cccc([N+](=O)[O-])c1. The van der Waals surface area contributed by atoms with Crippen molar-refractivity contribution in [3.63, 3.8) is 0 Å². The fraction of sp³-hybridized carbons (Fsp3) is 0.0417. The fourth-order valence-electron chi connectivity index (χ4n) is 2.78. The summed E-state index contributed by atoms with van der Waals surface area (Å²) in [4.78, 5) is 34.8. The molecule has 0 radical (unpaired) electrons. The van der Waals surface area contributed by atoms with Gasteiger partial charge < -0.3 is 15.4 Å². The molecule has 3 aromatic rings. The molecule has 0 aliphatic carbocycles. The Kier molecular flexibility index (Phi) is 7.65. The molecule has 0 fully saturated rings. The number of nitro benzene ring substituents is 1. The third-order valence-corrected chi connectivity index (χ3v) is 4.35. The topological polar surface area (TPSA) is 134 Å². The zero-order valence-electron chi connectivity index (χ0n) is 17.5. The quantitative estimate of drug-likeness (QED) is 0.223. The van der Waals surface area contributed by atoms with Crippen molar-refractivity contribution >= 4 is 35.0 Å². The van der Waals surface area contributed by atoms with Crippen LogP contribution < -0.4 is 15.4 Å². The third-order valence-electron chi connectivity index (χ3n) is 4.35. The highest BCUT2D eigenvalue weighted by atomic mass is 19.1. The molecule has 0 heterocycles. The molecule has 170 valence electrons. The summed E-state index contributed by atoms with van der Waals surface area (Å²) in [7, 11) is 0. The van der Waals surface area contributed by atoms with Crippen molar-refractivity contribution in [3.8, 4) is 11.8 Å². The van der Waals surface area contributed by atoms with Gasteiger partial charge >= 0.3 is 0 Å². The number of carbonyl (C=O) groups excluding carboxylic acids is 2. The third kappa shape index (κ3) is 6.73. The number of nitriles is 1. The Hall–Kier alpha value is -5.04. The highest BCUT2D eigenvalue weighted by Gasteiger charge is 2.12. The minimum Gasteiger partial charge on any atom is -0.484 e. The molecule has 2 amide bonds. The number of anilines is 2. The molecule has 9 nitrogen and oxygen atoms in total. The summed E-state index contributed by atoms with van der Waals surface area (Å²) in [6, 6.07) is 18.8. The standard InChI is InChI=1S/C24H17FN4O5/c25-18-7-9-19(10-8-18)27-23(30)15-34-22-6-1-3-16(12-22)11-17(14-26)24(31)28-20-4-2-5-21(13-20)29(32)33/h1-13H,15H2,(H,27,30)(H,28,31). The molecule has 10 heteroatoms. The first-order chi connectivity index (χ1) is 16.3. The normalized spacial score (nSPS) is 10.6. The predicted octanol–water partition coefficient (Wildman–Crippen LogP) is 4.30. The van der Waals surface area contributed by atoms with E-state index in [-0.39, 0.29) is 23.6 Å². The summed E-state index contributed by atoms with van der Waals surface area (Å²) in [6.07, 6.45) is 1.32.